The maximum absolute atomic E-state index is 11.5. The van der Waals surface area contributed by atoms with Gasteiger partial charge in [0.1, 0.15) is 5.82 Å². The number of anilines is 2. The van der Waals surface area contributed by atoms with Gasteiger partial charge < -0.3 is 25.3 Å². The number of carbonyl (C=O) groups excluding carboxylic acids is 1. The molecule has 7 nitrogen and oxygen atoms in total. The Morgan fingerprint density at radius 3 is 2.50 bits per heavy atom. The van der Waals surface area contributed by atoms with Crippen molar-refractivity contribution in [3.8, 4) is 0 Å². The van der Waals surface area contributed by atoms with Gasteiger partial charge in [-0.15, -0.1) is 0 Å². The van der Waals surface area contributed by atoms with Crippen LogP contribution in [0, 0.1) is 0 Å². The maximum atomic E-state index is 11.5. The average molecular weight is 324 g/mol. The Kier molecular flexibility index (Phi) is 4.07. The highest BCUT2D eigenvalue weighted by Crippen LogP contribution is 2.18. The Morgan fingerprint density at radius 1 is 1.04 bits per heavy atom. The van der Waals surface area contributed by atoms with Crippen molar-refractivity contribution in [2.24, 2.45) is 0 Å². The third-order valence-electron chi connectivity index (χ3n) is 3.39. The number of hydrogen-bond acceptors (Lipinski definition) is 5. The van der Waals surface area contributed by atoms with Crippen LogP contribution >= 0.6 is 0 Å². The van der Waals surface area contributed by atoms with Gasteiger partial charge in [0, 0.05) is 11.4 Å². The molecule has 2 aromatic carbocycles. The van der Waals surface area contributed by atoms with Crippen molar-refractivity contribution in [3.63, 3.8) is 0 Å². The fourth-order valence-corrected chi connectivity index (χ4v) is 2.33. The number of carbonyl (C=O) groups is 1. The number of aromatic nitrogens is 2. The first-order chi connectivity index (χ1) is 11.5. The predicted molar refractivity (Wildman–Crippen MR) is 93.1 cm³/mol. The van der Waals surface area contributed by atoms with Gasteiger partial charge in [0.05, 0.1) is 23.7 Å². The summed E-state index contributed by atoms with van der Waals surface area (Å²) in [5.74, 6) is 0.119. The molecule has 1 heterocycles. The van der Waals surface area contributed by atoms with Gasteiger partial charge in [0.2, 0.25) is 0 Å². The van der Waals surface area contributed by atoms with E-state index < -0.39 is 5.97 Å². The van der Waals surface area contributed by atoms with Crippen molar-refractivity contribution in [3.05, 3.63) is 70.9 Å². The molecule has 0 spiro atoms. The third-order valence-corrected chi connectivity index (χ3v) is 3.39. The van der Waals surface area contributed by atoms with Crippen LogP contribution in [0.2, 0.25) is 0 Å². The molecule has 0 radical (unpaired) electrons. The van der Waals surface area contributed by atoms with E-state index in [0.29, 0.717) is 22.6 Å². The molecule has 0 aliphatic carbocycles. The molecule has 3 rings (SSSR count). The molecule has 0 aliphatic rings. The van der Waals surface area contributed by atoms with E-state index in [0.717, 1.165) is 11.2 Å². The summed E-state index contributed by atoms with van der Waals surface area (Å²) in [7, 11) is 1.34. The highest BCUT2D eigenvalue weighted by molar-refractivity contribution is 5.90. The number of rotatable bonds is 5. The lowest BCUT2D eigenvalue weighted by atomic mass is 10.2. The fraction of sp³-hybridized carbons (Fsp3) is 0.0588. The van der Waals surface area contributed by atoms with Crippen LogP contribution in [0.3, 0.4) is 0 Å². The molecule has 1 aromatic heterocycles. The van der Waals surface area contributed by atoms with Gasteiger partial charge in [-0.25, -0.2) is 9.59 Å². The molecule has 0 fully saturated rings. The van der Waals surface area contributed by atoms with E-state index in [1.54, 1.807) is 30.3 Å². The molecule has 3 aromatic rings. The van der Waals surface area contributed by atoms with E-state index in [9.17, 15) is 9.59 Å². The Balaban J connectivity index is 1.72. The number of esters is 1. The summed E-state index contributed by atoms with van der Waals surface area (Å²) >= 11 is 0. The van der Waals surface area contributed by atoms with Crippen LogP contribution < -0.4 is 16.3 Å². The Morgan fingerprint density at radius 2 is 1.75 bits per heavy atom. The molecule has 0 saturated carbocycles. The summed E-state index contributed by atoms with van der Waals surface area (Å²) in [6, 6.07) is 12.3. The van der Waals surface area contributed by atoms with Crippen LogP contribution in [0.25, 0.3) is 11.0 Å². The lowest BCUT2D eigenvalue weighted by Crippen LogP contribution is -2.09. The van der Waals surface area contributed by atoms with Crippen LogP contribution in [-0.4, -0.2) is 23.0 Å². The van der Waals surface area contributed by atoms with Crippen LogP contribution in [0.5, 0.6) is 0 Å². The van der Waals surface area contributed by atoms with E-state index in [1.165, 1.54) is 7.11 Å². The second kappa shape index (κ2) is 6.33. The number of hydrogen-bond donors (Lipinski definition) is 4. The number of imidazole rings is 1. The number of fused-ring (bicyclic) bond motifs is 1. The summed E-state index contributed by atoms with van der Waals surface area (Å²) in [6.07, 6.45) is 0. The van der Waals surface area contributed by atoms with Gasteiger partial charge >= 0.3 is 11.7 Å². The zero-order valence-corrected chi connectivity index (χ0v) is 13.0. The normalized spacial score (nSPS) is 10.4. The molecule has 24 heavy (non-hydrogen) atoms. The predicted octanol–water partition coefficient (Wildman–Crippen LogP) is 2.64. The average Bonchev–Trinajstić information content (AvgIpc) is 2.93. The number of methoxy groups -OCH3 is 1. The first kappa shape index (κ1) is 15.4. The quantitative estimate of drug-likeness (QED) is 0.541. The van der Waals surface area contributed by atoms with Crippen molar-refractivity contribution in [1.82, 2.24) is 9.97 Å². The van der Waals surface area contributed by atoms with Crippen LogP contribution in [0.15, 0.2) is 59.7 Å². The van der Waals surface area contributed by atoms with Crippen molar-refractivity contribution in [2.45, 2.75) is 0 Å². The lowest BCUT2D eigenvalue weighted by molar-refractivity contribution is 0.0601. The lowest BCUT2D eigenvalue weighted by Gasteiger charge is -2.13. The van der Waals surface area contributed by atoms with Gasteiger partial charge in [-0.1, -0.05) is 12.6 Å². The number of ether oxygens (including phenoxy) is 1. The zero-order chi connectivity index (χ0) is 17.1. The van der Waals surface area contributed by atoms with Crippen molar-refractivity contribution < 1.29 is 9.53 Å². The van der Waals surface area contributed by atoms with E-state index >= 15 is 0 Å². The SMILES string of the molecule is C=C(Nc1cccc(C(=O)OC)c1)Nc1ccc2[nH]c(=O)[nH]c2c1. The van der Waals surface area contributed by atoms with Gasteiger partial charge in [-0.2, -0.15) is 0 Å². The highest BCUT2D eigenvalue weighted by Gasteiger charge is 2.06. The molecule has 0 aliphatic heterocycles. The van der Waals surface area contributed by atoms with E-state index in [2.05, 4.69) is 27.2 Å². The van der Waals surface area contributed by atoms with E-state index in [-0.39, 0.29) is 5.69 Å². The molecular formula is C17H16N4O3. The van der Waals surface area contributed by atoms with Gasteiger partial charge in [-0.05, 0) is 36.4 Å². The molecule has 0 unspecified atom stereocenters. The van der Waals surface area contributed by atoms with Gasteiger partial charge in [0.15, 0.2) is 0 Å². The maximum Gasteiger partial charge on any atom is 0.337 e. The van der Waals surface area contributed by atoms with Crippen molar-refractivity contribution >= 4 is 28.4 Å². The molecule has 7 heteroatoms. The molecule has 0 atom stereocenters. The zero-order valence-electron chi connectivity index (χ0n) is 13.0. The fourth-order valence-electron chi connectivity index (χ4n) is 2.33. The largest absolute Gasteiger partial charge is 0.465 e. The first-order valence-electron chi connectivity index (χ1n) is 7.18. The molecule has 0 saturated heterocycles. The number of aromatic amines is 2. The van der Waals surface area contributed by atoms with E-state index in [4.69, 9.17) is 4.74 Å². The van der Waals surface area contributed by atoms with Gasteiger partial charge in [-0.3, -0.25) is 0 Å². The Bertz CT molecular complexity index is 971. The van der Waals surface area contributed by atoms with E-state index in [1.807, 2.05) is 12.1 Å². The summed E-state index contributed by atoms with van der Waals surface area (Å²) in [4.78, 5) is 28.2. The summed E-state index contributed by atoms with van der Waals surface area (Å²) < 4.78 is 4.70. The number of benzene rings is 2. The van der Waals surface area contributed by atoms with Crippen molar-refractivity contribution in [1.29, 1.82) is 0 Å². The highest BCUT2D eigenvalue weighted by atomic mass is 16.5. The summed E-state index contributed by atoms with van der Waals surface area (Å²) in [5, 5.41) is 6.17. The number of nitrogens with one attached hydrogen (secondary N) is 4. The first-order valence-corrected chi connectivity index (χ1v) is 7.18. The summed E-state index contributed by atoms with van der Waals surface area (Å²) in [6.45, 7) is 3.91. The Labute approximate surface area is 137 Å². The molecule has 0 amide bonds. The molecule has 0 bridgehead atoms. The van der Waals surface area contributed by atoms with Gasteiger partial charge in [0.25, 0.3) is 0 Å². The van der Waals surface area contributed by atoms with Crippen LogP contribution in [-0.2, 0) is 4.74 Å². The molecule has 4 N–H and O–H groups in total. The standard InChI is InChI=1S/C17H16N4O3/c1-10(18-12-5-3-4-11(8-12)16(22)24-2)19-13-6-7-14-15(9-13)21-17(23)20-14/h3-9,18-19H,1H2,2H3,(H2,20,21,23). The van der Waals surface area contributed by atoms with Crippen molar-refractivity contribution in [2.75, 3.05) is 17.7 Å². The minimum atomic E-state index is -0.404. The minimum Gasteiger partial charge on any atom is -0.465 e. The minimum absolute atomic E-state index is 0.251. The molecule has 122 valence electrons. The topological polar surface area (TPSA) is 99.0 Å². The number of H-pyrrole nitrogens is 2. The van der Waals surface area contributed by atoms with Crippen LogP contribution in [0.1, 0.15) is 10.4 Å². The van der Waals surface area contributed by atoms with Crippen LogP contribution in [0.4, 0.5) is 11.4 Å². The second-order valence-corrected chi connectivity index (χ2v) is 5.14. The molecular weight excluding hydrogens is 308 g/mol. The summed E-state index contributed by atoms with van der Waals surface area (Å²) in [5.41, 5.74) is 3.09. The second-order valence-electron chi connectivity index (χ2n) is 5.14. The monoisotopic (exact) mass is 324 g/mol. The smallest absolute Gasteiger partial charge is 0.337 e. The Hall–Kier alpha value is -3.48. The third kappa shape index (κ3) is 3.30.